The van der Waals surface area contributed by atoms with Gasteiger partial charge in [-0.3, -0.25) is 4.99 Å². The van der Waals surface area contributed by atoms with Crippen molar-refractivity contribution in [3.8, 4) is 0 Å². The van der Waals surface area contributed by atoms with Gasteiger partial charge in [0.05, 0.1) is 17.3 Å². The third-order valence-electron chi connectivity index (χ3n) is 7.02. The molecule has 198 valence electrons. The number of fused-ring (bicyclic) bond motifs is 1. The molecule has 3 aliphatic heterocycles. The molecule has 0 saturated carbocycles. The number of likely N-dealkylation sites (N-methyl/N-ethyl adjacent to an activating group) is 1. The average Bonchev–Trinajstić information content (AvgIpc) is 3.41. The van der Waals surface area contributed by atoms with Crippen LogP contribution in [0.25, 0.3) is 5.57 Å². The SMILES string of the molecule is C=N/C(=N\C1=C(C)C=C(c2ccc(Cl)cc2Cl)C2=NCCN21)Nc1ccc(N2CCN(CC)CC2)cc1F. The summed E-state index contributed by atoms with van der Waals surface area (Å²) in [7, 11) is 0. The lowest BCUT2D eigenvalue weighted by Gasteiger charge is -2.35. The lowest BCUT2D eigenvalue weighted by Crippen LogP contribution is -2.46. The summed E-state index contributed by atoms with van der Waals surface area (Å²) in [4.78, 5) is 20.1. The molecule has 0 unspecified atom stereocenters. The van der Waals surface area contributed by atoms with Gasteiger partial charge in [-0.2, -0.15) is 4.99 Å². The van der Waals surface area contributed by atoms with Gasteiger partial charge in [0.1, 0.15) is 17.5 Å². The first-order chi connectivity index (χ1) is 18.4. The van der Waals surface area contributed by atoms with E-state index in [2.05, 4.69) is 33.8 Å². The highest BCUT2D eigenvalue weighted by Crippen LogP contribution is 2.36. The van der Waals surface area contributed by atoms with E-state index < -0.39 is 0 Å². The predicted molar refractivity (Wildman–Crippen MR) is 157 cm³/mol. The van der Waals surface area contributed by atoms with Gasteiger partial charge < -0.3 is 20.0 Å². The van der Waals surface area contributed by atoms with E-state index in [-0.39, 0.29) is 11.8 Å². The molecule has 3 aliphatic rings. The zero-order valence-corrected chi connectivity index (χ0v) is 23.0. The molecule has 5 rings (SSSR count). The molecular weight excluding hydrogens is 524 g/mol. The quantitative estimate of drug-likeness (QED) is 0.376. The summed E-state index contributed by atoms with van der Waals surface area (Å²) in [5.41, 5.74) is 3.82. The van der Waals surface area contributed by atoms with E-state index in [0.29, 0.717) is 34.6 Å². The summed E-state index contributed by atoms with van der Waals surface area (Å²) in [6, 6.07) is 10.6. The fourth-order valence-electron chi connectivity index (χ4n) is 4.95. The maximum absolute atomic E-state index is 15.1. The van der Waals surface area contributed by atoms with E-state index in [4.69, 9.17) is 33.2 Å². The Balaban J connectivity index is 1.40. The van der Waals surface area contributed by atoms with E-state index in [1.807, 2.05) is 36.1 Å². The Labute approximate surface area is 232 Å². The molecule has 0 bridgehead atoms. The van der Waals surface area contributed by atoms with Gasteiger partial charge in [-0.05, 0) is 62.2 Å². The minimum Gasteiger partial charge on any atom is -0.369 e. The van der Waals surface area contributed by atoms with E-state index in [1.54, 1.807) is 18.2 Å². The maximum atomic E-state index is 15.1. The molecule has 0 spiro atoms. The van der Waals surface area contributed by atoms with Gasteiger partial charge in [-0.25, -0.2) is 9.38 Å². The highest BCUT2D eigenvalue weighted by atomic mass is 35.5. The minimum atomic E-state index is -0.367. The monoisotopic (exact) mass is 553 g/mol. The second kappa shape index (κ2) is 11.3. The molecule has 2 aromatic rings. The van der Waals surface area contributed by atoms with Crippen molar-refractivity contribution in [2.75, 3.05) is 56.0 Å². The first kappa shape index (κ1) is 26.4. The van der Waals surface area contributed by atoms with Crippen molar-refractivity contribution >= 4 is 58.7 Å². The third-order valence-corrected chi connectivity index (χ3v) is 7.57. The number of rotatable bonds is 5. The van der Waals surface area contributed by atoms with Crippen molar-refractivity contribution in [3.63, 3.8) is 0 Å². The molecule has 10 heteroatoms. The van der Waals surface area contributed by atoms with Crippen molar-refractivity contribution in [1.29, 1.82) is 0 Å². The smallest absolute Gasteiger partial charge is 0.228 e. The zero-order valence-electron chi connectivity index (χ0n) is 21.5. The number of hydrogen-bond acceptors (Lipinski definition) is 5. The molecule has 2 aromatic carbocycles. The van der Waals surface area contributed by atoms with Crippen LogP contribution in [0.3, 0.4) is 0 Å². The van der Waals surface area contributed by atoms with Crippen LogP contribution in [0.1, 0.15) is 19.4 Å². The van der Waals surface area contributed by atoms with E-state index >= 15 is 4.39 Å². The number of benzene rings is 2. The Morgan fingerprint density at radius 2 is 1.89 bits per heavy atom. The van der Waals surface area contributed by atoms with Gasteiger partial charge in [-0.1, -0.05) is 36.2 Å². The Morgan fingerprint density at radius 3 is 2.58 bits per heavy atom. The average molecular weight is 555 g/mol. The van der Waals surface area contributed by atoms with Gasteiger partial charge in [0.15, 0.2) is 0 Å². The third kappa shape index (κ3) is 5.34. The van der Waals surface area contributed by atoms with Crippen molar-refractivity contribution in [1.82, 2.24) is 9.80 Å². The van der Waals surface area contributed by atoms with Gasteiger partial charge >= 0.3 is 0 Å². The van der Waals surface area contributed by atoms with Crippen molar-refractivity contribution in [3.05, 3.63) is 75.3 Å². The molecule has 1 fully saturated rings. The highest BCUT2D eigenvalue weighted by Gasteiger charge is 2.30. The van der Waals surface area contributed by atoms with Gasteiger partial charge in [0.25, 0.3) is 0 Å². The van der Waals surface area contributed by atoms with Crippen molar-refractivity contribution in [2.24, 2.45) is 15.0 Å². The number of nitrogens with one attached hydrogen (secondary N) is 1. The van der Waals surface area contributed by atoms with Crippen molar-refractivity contribution < 1.29 is 4.39 Å². The molecule has 38 heavy (non-hydrogen) atoms. The molecule has 1 N–H and O–H groups in total. The molecule has 1 saturated heterocycles. The molecule has 3 heterocycles. The van der Waals surface area contributed by atoms with Crippen LogP contribution in [-0.2, 0) is 0 Å². The Kier molecular flexibility index (Phi) is 7.83. The number of hydrogen-bond donors (Lipinski definition) is 1. The molecule has 0 aromatic heterocycles. The molecule has 0 amide bonds. The second-order valence-electron chi connectivity index (χ2n) is 9.35. The lowest BCUT2D eigenvalue weighted by molar-refractivity contribution is 0.271. The number of piperazine rings is 1. The fourth-order valence-corrected chi connectivity index (χ4v) is 5.46. The Bertz CT molecular complexity index is 1370. The number of nitrogens with zero attached hydrogens (tertiary/aromatic N) is 6. The van der Waals surface area contributed by atoms with Crippen LogP contribution >= 0.6 is 23.2 Å². The predicted octanol–water partition coefficient (Wildman–Crippen LogP) is 5.79. The van der Waals surface area contributed by atoms with Crippen LogP contribution in [0.4, 0.5) is 15.8 Å². The van der Waals surface area contributed by atoms with Gasteiger partial charge in [-0.15, -0.1) is 0 Å². The zero-order chi connectivity index (χ0) is 26.8. The summed E-state index contributed by atoms with van der Waals surface area (Å²) >= 11 is 12.6. The summed E-state index contributed by atoms with van der Waals surface area (Å²) in [5, 5.41) is 4.14. The Hall–Kier alpha value is -3.20. The van der Waals surface area contributed by atoms with Crippen molar-refractivity contribution in [2.45, 2.75) is 13.8 Å². The van der Waals surface area contributed by atoms with Crippen LogP contribution in [0, 0.1) is 5.82 Å². The summed E-state index contributed by atoms with van der Waals surface area (Å²) in [5.74, 6) is 1.29. The van der Waals surface area contributed by atoms with Gasteiger partial charge in [0.2, 0.25) is 5.96 Å². The number of allylic oxidation sites excluding steroid dienone is 2. The highest BCUT2D eigenvalue weighted by molar-refractivity contribution is 6.38. The van der Waals surface area contributed by atoms with Crippen LogP contribution < -0.4 is 10.2 Å². The summed E-state index contributed by atoms with van der Waals surface area (Å²) < 4.78 is 15.1. The number of anilines is 2. The normalized spacial score (nSPS) is 18.4. The number of aliphatic imine (C=N–C) groups is 3. The second-order valence-corrected chi connectivity index (χ2v) is 10.2. The number of halogens is 3. The van der Waals surface area contributed by atoms with Crippen LogP contribution in [-0.4, -0.2) is 74.1 Å². The number of amidine groups is 1. The fraction of sp³-hybridized carbons (Fsp3) is 0.321. The summed E-state index contributed by atoms with van der Waals surface area (Å²) in [6.07, 6.45) is 2.00. The molecule has 0 radical (unpaired) electrons. The Morgan fingerprint density at radius 1 is 1.11 bits per heavy atom. The minimum absolute atomic E-state index is 0.204. The molecule has 0 atom stereocenters. The lowest BCUT2D eigenvalue weighted by atomic mass is 9.98. The van der Waals surface area contributed by atoms with E-state index in [9.17, 15) is 0 Å². The standard InChI is InChI=1S/C28H30Cl2FN7/c1-4-36-11-13-37(14-12-36)20-6-8-25(24(31)17-20)34-28(32-3)35-26-18(2)15-22(27-33-9-10-38(26)27)21-7-5-19(29)16-23(21)30/h5-8,15-17H,3-4,9-14H2,1-2H3,(H,34,35). The molecule has 7 nitrogen and oxygen atoms in total. The van der Waals surface area contributed by atoms with Crippen LogP contribution in [0.5, 0.6) is 0 Å². The maximum Gasteiger partial charge on any atom is 0.228 e. The van der Waals surface area contributed by atoms with E-state index in [1.165, 1.54) is 0 Å². The largest absolute Gasteiger partial charge is 0.369 e. The summed E-state index contributed by atoms with van der Waals surface area (Å²) in [6.45, 7) is 13.8. The van der Waals surface area contributed by atoms with Crippen LogP contribution in [0.2, 0.25) is 10.0 Å². The number of guanidine groups is 1. The first-order valence-corrected chi connectivity index (χ1v) is 13.4. The first-order valence-electron chi connectivity index (χ1n) is 12.7. The topological polar surface area (TPSA) is 58.8 Å². The van der Waals surface area contributed by atoms with E-state index in [0.717, 1.165) is 61.0 Å². The van der Waals surface area contributed by atoms with Crippen LogP contribution in [0.15, 0.2) is 68.8 Å². The van der Waals surface area contributed by atoms with Gasteiger partial charge in [0, 0.05) is 54.6 Å². The molecular formula is C28H30Cl2FN7. The molecule has 0 aliphatic carbocycles.